The van der Waals surface area contributed by atoms with Gasteiger partial charge in [-0.2, -0.15) is 0 Å². The lowest BCUT2D eigenvalue weighted by molar-refractivity contribution is 0.0206. The Labute approximate surface area is 94.0 Å². The molecule has 0 radical (unpaired) electrons. The summed E-state index contributed by atoms with van der Waals surface area (Å²) in [5, 5.41) is 0. The van der Waals surface area contributed by atoms with Gasteiger partial charge in [-0.3, -0.25) is 0 Å². The molecular formula is C12H14FNO2. The first-order valence-corrected chi connectivity index (χ1v) is 5.12. The van der Waals surface area contributed by atoms with Gasteiger partial charge in [-0.05, 0) is 12.0 Å². The molecule has 1 rings (SSSR count). The molecule has 0 aliphatic rings. The van der Waals surface area contributed by atoms with Crippen LogP contribution < -0.4 is 0 Å². The fourth-order valence-electron chi connectivity index (χ4n) is 1.25. The number of aliphatic imine (C=N–C) groups is 1. The average Bonchev–Trinajstić information content (AvgIpc) is 2.35. The minimum atomic E-state index is -0.568. The zero-order chi connectivity index (χ0) is 11.6. The van der Waals surface area contributed by atoms with Crippen LogP contribution in [-0.4, -0.2) is 25.4 Å². The molecule has 0 N–H and O–H groups in total. The molecule has 0 saturated carbocycles. The lowest BCUT2D eigenvalue weighted by Crippen LogP contribution is -2.16. The van der Waals surface area contributed by atoms with Gasteiger partial charge in [0.1, 0.15) is 6.67 Å². The van der Waals surface area contributed by atoms with E-state index in [1.54, 1.807) is 0 Å². The molecule has 0 saturated heterocycles. The minimum absolute atomic E-state index is 0.257. The van der Waals surface area contributed by atoms with Crippen molar-refractivity contribution < 1.29 is 13.9 Å². The van der Waals surface area contributed by atoms with E-state index in [0.29, 0.717) is 13.0 Å². The van der Waals surface area contributed by atoms with Gasteiger partial charge in [0.25, 0.3) is 0 Å². The highest BCUT2D eigenvalue weighted by molar-refractivity contribution is 5.32. The fourth-order valence-corrected chi connectivity index (χ4v) is 1.25. The van der Waals surface area contributed by atoms with Crippen molar-refractivity contribution in [3.05, 3.63) is 35.9 Å². The lowest BCUT2D eigenvalue weighted by atomic mass is 10.2. The predicted molar refractivity (Wildman–Crippen MR) is 58.6 cm³/mol. The molecule has 1 aromatic rings. The van der Waals surface area contributed by atoms with Crippen molar-refractivity contribution in [1.29, 1.82) is 0 Å². The van der Waals surface area contributed by atoms with Crippen LogP contribution in [0.5, 0.6) is 0 Å². The summed E-state index contributed by atoms with van der Waals surface area (Å²) in [5.41, 5.74) is 1.000. The Bertz CT molecular complexity index is 336. The van der Waals surface area contributed by atoms with Crippen LogP contribution in [0.1, 0.15) is 12.0 Å². The number of hydrogen-bond donors (Lipinski definition) is 0. The van der Waals surface area contributed by atoms with Gasteiger partial charge in [0.15, 0.2) is 0 Å². The van der Waals surface area contributed by atoms with Crippen LogP contribution in [0.4, 0.5) is 4.39 Å². The molecule has 1 atom stereocenters. The van der Waals surface area contributed by atoms with E-state index in [-0.39, 0.29) is 6.54 Å². The monoisotopic (exact) mass is 223 g/mol. The normalized spacial score (nSPS) is 11.8. The van der Waals surface area contributed by atoms with E-state index < -0.39 is 12.8 Å². The number of carbonyl (C=O) groups excluding carboxylic acids is 1. The fraction of sp³-hybridized carbons (Fsp3) is 0.417. The topological polar surface area (TPSA) is 38.7 Å². The molecule has 3 nitrogen and oxygen atoms in total. The van der Waals surface area contributed by atoms with E-state index in [0.717, 1.165) is 5.56 Å². The standard InChI is InChI=1S/C12H14FNO2/c13-8-12(6-7-14-10-15)16-9-11-4-2-1-3-5-11/h1-5,12H,6-9H2. The molecule has 4 heteroatoms. The molecule has 0 amide bonds. The molecule has 1 unspecified atom stereocenters. The highest BCUT2D eigenvalue weighted by Gasteiger charge is 2.08. The van der Waals surface area contributed by atoms with Crippen LogP contribution in [0.15, 0.2) is 35.3 Å². The smallest absolute Gasteiger partial charge is 0.234 e. The molecule has 0 spiro atoms. The second kappa shape index (κ2) is 7.74. The first-order valence-electron chi connectivity index (χ1n) is 5.12. The van der Waals surface area contributed by atoms with E-state index in [9.17, 15) is 9.18 Å². The predicted octanol–water partition coefficient (Wildman–Crippen LogP) is 2.27. The SMILES string of the molecule is O=C=NCCC(CF)OCc1ccccc1. The highest BCUT2D eigenvalue weighted by atomic mass is 19.1. The summed E-state index contributed by atoms with van der Waals surface area (Å²) in [6.07, 6.45) is 1.32. The van der Waals surface area contributed by atoms with Gasteiger partial charge in [0.05, 0.1) is 19.3 Å². The molecule has 0 aromatic heterocycles. The van der Waals surface area contributed by atoms with Crippen molar-refractivity contribution in [3.63, 3.8) is 0 Å². The molecule has 0 bridgehead atoms. The van der Waals surface area contributed by atoms with Gasteiger partial charge in [-0.15, -0.1) is 0 Å². The van der Waals surface area contributed by atoms with Crippen molar-refractivity contribution in [3.8, 4) is 0 Å². The maximum Gasteiger partial charge on any atom is 0.234 e. The van der Waals surface area contributed by atoms with E-state index in [4.69, 9.17) is 4.74 Å². The number of nitrogens with zero attached hydrogens (tertiary/aromatic N) is 1. The van der Waals surface area contributed by atoms with Crippen LogP contribution in [0.25, 0.3) is 0 Å². The molecule has 0 aliphatic carbocycles. The molecular weight excluding hydrogens is 209 g/mol. The van der Waals surface area contributed by atoms with Gasteiger partial charge in [-0.1, -0.05) is 30.3 Å². The van der Waals surface area contributed by atoms with Crippen molar-refractivity contribution in [2.45, 2.75) is 19.1 Å². The molecule has 86 valence electrons. The Hall–Kier alpha value is -1.51. The number of rotatable bonds is 7. The molecule has 0 heterocycles. The Morgan fingerprint density at radius 3 is 2.75 bits per heavy atom. The lowest BCUT2D eigenvalue weighted by Gasteiger charge is -2.12. The minimum Gasteiger partial charge on any atom is -0.371 e. The third-order valence-electron chi connectivity index (χ3n) is 2.13. The maximum absolute atomic E-state index is 12.5. The second-order valence-corrected chi connectivity index (χ2v) is 3.33. The first kappa shape index (κ1) is 12.6. The highest BCUT2D eigenvalue weighted by Crippen LogP contribution is 2.06. The van der Waals surface area contributed by atoms with Crippen LogP contribution in [0, 0.1) is 0 Å². The zero-order valence-electron chi connectivity index (χ0n) is 8.93. The Morgan fingerprint density at radius 1 is 1.38 bits per heavy atom. The van der Waals surface area contributed by atoms with Crippen molar-refractivity contribution in [1.82, 2.24) is 0 Å². The molecule has 16 heavy (non-hydrogen) atoms. The number of isocyanates is 1. The quantitative estimate of drug-likeness (QED) is 0.525. The van der Waals surface area contributed by atoms with Crippen molar-refractivity contribution >= 4 is 6.08 Å². The van der Waals surface area contributed by atoms with Crippen molar-refractivity contribution in [2.75, 3.05) is 13.2 Å². The number of halogens is 1. The summed E-state index contributed by atoms with van der Waals surface area (Å²) < 4.78 is 17.9. The largest absolute Gasteiger partial charge is 0.371 e. The maximum atomic E-state index is 12.5. The summed E-state index contributed by atoms with van der Waals surface area (Å²) >= 11 is 0. The summed E-state index contributed by atoms with van der Waals surface area (Å²) in [5.74, 6) is 0. The average molecular weight is 223 g/mol. The van der Waals surface area contributed by atoms with Gasteiger partial charge in [0, 0.05) is 0 Å². The number of hydrogen-bond acceptors (Lipinski definition) is 3. The Balaban J connectivity index is 2.31. The Morgan fingerprint density at radius 2 is 2.12 bits per heavy atom. The van der Waals surface area contributed by atoms with E-state index in [1.165, 1.54) is 6.08 Å². The summed E-state index contributed by atoms with van der Waals surface area (Å²) in [6.45, 7) is 0.0638. The molecule has 0 fully saturated rings. The third kappa shape index (κ3) is 4.82. The molecule has 1 aromatic carbocycles. The van der Waals surface area contributed by atoms with Crippen LogP contribution in [0.3, 0.4) is 0 Å². The summed E-state index contributed by atoms with van der Waals surface area (Å²) in [6, 6.07) is 9.55. The summed E-state index contributed by atoms with van der Waals surface area (Å²) in [7, 11) is 0. The Kier molecular flexibility index (Phi) is 6.07. The molecule has 0 aliphatic heterocycles. The second-order valence-electron chi connectivity index (χ2n) is 3.33. The van der Waals surface area contributed by atoms with E-state index in [2.05, 4.69) is 4.99 Å². The summed E-state index contributed by atoms with van der Waals surface area (Å²) in [4.78, 5) is 13.2. The van der Waals surface area contributed by atoms with Crippen LogP contribution >= 0.6 is 0 Å². The zero-order valence-corrected chi connectivity index (χ0v) is 8.93. The van der Waals surface area contributed by atoms with Crippen LogP contribution in [-0.2, 0) is 16.1 Å². The third-order valence-corrected chi connectivity index (χ3v) is 2.13. The number of ether oxygens (including phenoxy) is 1. The first-order chi connectivity index (χ1) is 7.86. The van der Waals surface area contributed by atoms with Gasteiger partial charge in [0.2, 0.25) is 6.08 Å². The van der Waals surface area contributed by atoms with Crippen LogP contribution in [0.2, 0.25) is 0 Å². The van der Waals surface area contributed by atoms with Crippen molar-refractivity contribution in [2.24, 2.45) is 4.99 Å². The van der Waals surface area contributed by atoms with Gasteiger partial charge in [-0.25, -0.2) is 14.2 Å². The van der Waals surface area contributed by atoms with Gasteiger partial charge >= 0.3 is 0 Å². The number of benzene rings is 1. The number of alkyl halides is 1. The van der Waals surface area contributed by atoms with E-state index in [1.807, 2.05) is 30.3 Å². The van der Waals surface area contributed by atoms with Gasteiger partial charge < -0.3 is 4.74 Å². The van der Waals surface area contributed by atoms with E-state index >= 15 is 0 Å².